The maximum Gasteiger partial charge on any atom is 0.335 e. The molecule has 0 aliphatic heterocycles. The maximum atomic E-state index is 12.2. The number of carbonyl (C=O) groups is 2. The molecule has 1 fully saturated rings. The third-order valence-electron chi connectivity index (χ3n) is 4.02. The molecule has 1 aromatic rings. The number of carboxylic acid groups (broad SMARTS) is 1. The summed E-state index contributed by atoms with van der Waals surface area (Å²) in [6.45, 7) is 0.548. The van der Waals surface area contributed by atoms with Gasteiger partial charge in [0, 0.05) is 6.54 Å². The van der Waals surface area contributed by atoms with Gasteiger partial charge in [-0.3, -0.25) is 4.79 Å². The number of hydrogen-bond acceptors (Lipinski definition) is 2. The molecule has 1 aliphatic carbocycles. The maximum absolute atomic E-state index is 12.2. The van der Waals surface area contributed by atoms with Crippen molar-refractivity contribution in [2.75, 3.05) is 6.54 Å². The van der Waals surface area contributed by atoms with Crippen LogP contribution in [0.4, 0.5) is 0 Å². The lowest BCUT2D eigenvalue weighted by molar-refractivity contribution is 0.0697. The highest BCUT2D eigenvalue weighted by atomic mass is 35.5. The topological polar surface area (TPSA) is 66.4 Å². The van der Waals surface area contributed by atoms with Crippen LogP contribution in [-0.2, 0) is 0 Å². The first kappa shape index (κ1) is 22.4. The average molecular weight is 351 g/mol. The van der Waals surface area contributed by atoms with Gasteiger partial charge < -0.3 is 10.4 Å². The lowest BCUT2D eigenvalue weighted by Gasteiger charge is -2.19. The zero-order valence-electron chi connectivity index (χ0n) is 13.9. The molecular weight excluding hydrogens is 326 g/mol. The molecule has 0 spiro atoms. The van der Waals surface area contributed by atoms with Gasteiger partial charge in [-0.15, -0.1) is 0 Å². The molecule has 24 heavy (non-hydrogen) atoms. The Kier molecular flexibility index (Phi) is 10.4. The highest BCUT2D eigenvalue weighted by Crippen LogP contribution is 2.24. The van der Waals surface area contributed by atoms with Gasteiger partial charge in [-0.25, -0.2) is 4.79 Å². The standard InChI is InChI=1S/C17H21ClNO3.2CH2/c18-15-9-8-13(17(21)22)10-14(15)16(20)19-11-12-6-4-2-1-3-5-7-12;;/h8-10H,1-7,11H2,(H,19,20)(H,21,22);2*1H2. The van der Waals surface area contributed by atoms with Crippen LogP contribution in [0.2, 0.25) is 5.02 Å². The Labute approximate surface area is 150 Å². The second-order valence-electron chi connectivity index (χ2n) is 5.70. The van der Waals surface area contributed by atoms with Crippen molar-refractivity contribution < 1.29 is 14.7 Å². The van der Waals surface area contributed by atoms with E-state index in [9.17, 15) is 9.59 Å². The molecular formula is C19H25ClNO3. The van der Waals surface area contributed by atoms with E-state index in [1.807, 2.05) is 0 Å². The zero-order chi connectivity index (χ0) is 15.9. The summed E-state index contributed by atoms with van der Waals surface area (Å²) in [7, 11) is 0. The summed E-state index contributed by atoms with van der Waals surface area (Å²) in [6.07, 6.45) is 8.29. The molecule has 0 bridgehead atoms. The van der Waals surface area contributed by atoms with E-state index in [1.165, 1.54) is 56.2 Å². The summed E-state index contributed by atoms with van der Waals surface area (Å²) in [4.78, 5) is 23.2. The molecule has 0 saturated heterocycles. The predicted molar refractivity (Wildman–Crippen MR) is 97.0 cm³/mol. The molecule has 5 radical (unpaired) electrons. The van der Waals surface area contributed by atoms with Gasteiger partial charge in [0.05, 0.1) is 16.1 Å². The summed E-state index contributed by atoms with van der Waals surface area (Å²) < 4.78 is 0. The van der Waals surface area contributed by atoms with Crippen LogP contribution in [0.3, 0.4) is 0 Å². The van der Waals surface area contributed by atoms with E-state index in [2.05, 4.69) is 5.32 Å². The van der Waals surface area contributed by atoms with Crippen LogP contribution in [0.5, 0.6) is 0 Å². The number of nitrogens with one attached hydrogen (secondary N) is 1. The fourth-order valence-electron chi connectivity index (χ4n) is 2.71. The van der Waals surface area contributed by atoms with Crippen molar-refractivity contribution in [3.05, 3.63) is 55.1 Å². The first-order valence-corrected chi connectivity index (χ1v) is 8.10. The largest absolute Gasteiger partial charge is 0.478 e. The van der Waals surface area contributed by atoms with Crippen molar-refractivity contribution in [2.45, 2.75) is 44.9 Å². The molecule has 2 N–H and O–H groups in total. The number of rotatable bonds is 4. The van der Waals surface area contributed by atoms with Crippen molar-refractivity contribution >= 4 is 23.5 Å². The molecule has 1 aromatic carbocycles. The van der Waals surface area contributed by atoms with E-state index in [4.69, 9.17) is 16.7 Å². The van der Waals surface area contributed by atoms with E-state index < -0.39 is 5.97 Å². The van der Waals surface area contributed by atoms with Crippen molar-refractivity contribution in [3.63, 3.8) is 0 Å². The summed E-state index contributed by atoms with van der Waals surface area (Å²) >= 11 is 6.00. The van der Waals surface area contributed by atoms with Crippen molar-refractivity contribution in [1.82, 2.24) is 5.32 Å². The monoisotopic (exact) mass is 350 g/mol. The van der Waals surface area contributed by atoms with Crippen molar-refractivity contribution in [2.24, 2.45) is 0 Å². The van der Waals surface area contributed by atoms with Crippen LogP contribution < -0.4 is 5.32 Å². The Balaban J connectivity index is 0.00000264. The third kappa shape index (κ3) is 6.52. The Morgan fingerprint density at radius 3 is 2.21 bits per heavy atom. The van der Waals surface area contributed by atoms with E-state index in [1.54, 1.807) is 0 Å². The Morgan fingerprint density at radius 1 is 1.04 bits per heavy atom. The number of carbonyl (C=O) groups excluding carboxylic acids is 1. The number of carboxylic acids is 1. The quantitative estimate of drug-likeness (QED) is 0.824. The normalized spacial score (nSPS) is 15.2. The van der Waals surface area contributed by atoms with E-state index in [0.29, 0.717) is 6.54 Å². The van der Waals surface area contributed by atoms with Gasteiger partial charge in [-0.2, -0.15) is 0 Å². The van der Waals surface area contributed by atoms with Crippen LogP contribution in [0.1, 0.15) is 65.7 Å². The molecule has 1 aliphatic rings. The fourth-order valence-corrected chi connectivity index (χ4v) is 2.92. The van der Waals surface area contributed by atoms with E-state index >= 15 is 0 Å². The van der Waals surface area contributed by atoms with Gasteiger partial charge >= 0.3 is 5.97 Å². The molecule has 1 saturated carbocycles. The number of amides is 1. The minimum Gasteiger partial charge on any atom is -0.478 e. The number of halogens is 1. The minimum atomic E-state index is -1.07. The second kappa shape index (κ2) is 11.1. The first-order valence-electron chi connectivity index (χ1n) is 7.72. The molecule has 4 nitrogen and oxygen atoms in total. The Hall–Kier alpha value is -1.55. The van der Waals surface area contributed by atoms with Crippen molar-refractivity contribution in [1.29, 1.82) is 0 Å². The third-order valence-corrected chi connectivity index (χ3v) is 4.35. The SMILES string of the molecule is O=C(O)c1ccc(Cl)c(C(=O)NC[C]2CCCCCCC2)c1.[CH2].[CH2]. The predicted octanol–water partition coefficient (Wildman–Crippen LogP) is 4.74. The summed E-state index contributed by atoms with van der Waals surface area (Å²) in [5.41, 5.74) is 0.279. The highest BCUT2D eigenvalue weighted by molar-refractivity contribution is 6.34. The second-order valence-corrected chi connectivity index (χ2v) is 6.11. The van der Waals surface area contributed by atoms with Crippen molar-refractivity contribution in [3.8, 4) is 0 Å². The molecule has 5 heteroatoms. The smallest absolute Gasteiger partial charge is 0.335 e. The highest BCUT2D eigenvalue weighted by Gasteiger charge is 2.17. The van der Waals surface area contributed by atoms with Gasteiger partial charge in [-0.05, 0) is 37.0 Å². The number of aromatic carboxylic acids is 1. The molecule has 2 rings (SSSR count). The van der Waals surface area contributed by atoms with Crippen LogP contribution in [0.15, 0.2) is 18.2 Å². The first-order chi connectivity index (χ1) is 10.6. The molecule has 0 unspecified atom stereocenters. The molecule has 0 atom stereocenters. The van der Waals surface area contributed by atoms with Crippen LogP contribution >= 0.6 is 11.6 Å². The average Bonchev–Trinajstić information content (AvgIpc) is 2.46. The lowest BCUT2D eigenvalue weighted by atomic mass is 9.91. The number of hydrogen-bond donors (Lipinski definition) is 2. The lowest BCUT2D eigenvalue weighted by Crippen LogP contribution is -2.29. The zero-order valence-corrected chi connectivity index (χ0v) is 14.7. The molecule has 131 valence electrons. The molecule has 1 amide bonds. The summed E-state index contributed by atoms with van der Waals surface area (Å²) in [5.74, 6) is -0.0265. The summed E-state index contributed by atoms with van der Waals surface area (Å²) in [5, 5.41) is 12.1. The molecule has 0 heterocycles. The van der Waals surface area contributed by atoms with Gasteiger partial charge in [0.1, 0.15) is 0 Å². The van der Waals surface area contributed by atoms with E-state index in [-0.39, 0.29) is 36.9 Å². The van der Waals surface area contributed by atoms with Gasteiger partial charge in [0.2, 0.25) is 0 Å². The Bertz CT molecular complexity index is 537. The number of benzene rings is 1. The van der Waals surface area contributed by atoms with Crippen LogP contribution in [-0.4, -0.2) is 23.5 Å². The summed E-state index contributed by atoms with van der Waals surface area (Å²) in [6, 6.07) is 4.16. The van der Waals surface area contributed by atoms with Crippen LogP contribution in [0, 0.1) is 20.8 Å². The molecule has 0 aromatic heterocycles. The van der Waals surface area contributed by atoms with Crippen LogP contribution in [0.25, 0.3) is 0 Å². The van der Waals surface area contributed by atoms with Gasteiger partial charge in [0.15, 0.2) is 0 Å². The van der Waals surface area contributed by atoms with Gasteiger partial charge in [0.25, 0.3) is 5.91 Å². The minimum absolute atomic E-state index is 0. The Morgan fingerprint density at radius 2 is 1.62 bits per heavy atom. The van der Waals surface area contributed by atoms with Gasteiger partial charge in [-0.1, -0.05) is 58.6 Å². The fraction of sp³-hybridized carbons (Fsp3) is 0.421. The van der Waals surface area contributed by atoms with E-state index in [0.717, 1.165) is 12.8 Å².